The fraction of sp³-hybridized carbons (Fsp3) is 0.250. The number of rotatable bonds is 5. The van der Waals surface area contributed by atoms with Gasteiger partial charge in [-0.15, -0.1) is 0 Å². The molecule has 0 saturated carbocycles. The van der Waals surface area contributed by atoms with Crippen LogP contribution in [-0.2, 0) is 22.6 Å². The average molecular weight is 423 g/mol. The molecule has 0 fully saturated rings. The zero-order valence-corrected chi connectivity index (χ0v) is 16.6. The predicted octanol–water partition coefficient (Wildman–Crippen LogP) is 4.40. The molecule has 29 heavy (non-hydrogen) atoms. The van der Waals surface area contributed by atoms with E-state index >= 15 is 0 Å². The second kappa shape index (κ2) is 7.64. The first kappa shape index (κ1) is 21.1. The van der Waals surface area contributed by atoms with Crippen molar-refractivity contribution in [2.75, 3.05) is 0 Å². The second-order valence-electron chi connectivity index (χ2n) is 7.16. The average Bonchev–Trinajstić information content (AvgIpc) is 3.07. The molecule has 0 aliphatic carbocycles. The van der Waals surface area contributed by atoms with Crippen molar-refractivity contribution < 1.29 is 21.6 Å². The molecule has 0 atom stereocenters. The molecule has 0 bridgehead atoms. The summed E-state index contributed by atoms with van der Waals surface area (Å²) in [5, 5.41) is 8.78. The summed E-state index contributed by atoms with van der Waals surface area (Å²) in [4.78, 5) is -0.135. The quantitative estimate of drug-likeness (QED) is 0.661. The van der Waals surface area contributed by atoms with Crippen molar-refractivity contribution in [2.24, 2.45) is 11.1 Å². The summed E-state index contributed by atoms with van der Waals surface area (Å²) < 4.78 is 63.8. The van der Waals surface area contributed by atoms with Gasteiger partial charge in [-0.25, -0.2) is 18.2 Å². The Labute approximate surface area is 167 Å². The van der Waals surface area contributed by atoms with Gasteiger partial charge in [0.15, 0.2) is 5.69 Å². The van der Waals surface area contributed by atoms with Gasteiger partial charge in [0.25, 0.3) is 0 Å². The maximum absolute atomic E-state index is 13.3. The molecule has 0 spiro atoms. The lowest BCUT2D eigenvalue weighted by Crippen LogP contribution is -2.12. The minimum Gasteiger partial charge on any atom is -0.233 e. The van der Waals surface area contributed by atoms with Gasteiger partial charge in [-0.3, -0.25) is 0 Å². The number of nitrogens with zero attached hydrogens (tertiary/aromatic N) is 2. The molecule has 2 N–H and O–H groups in total. The van der Waals surface area contributed by atoms with Crippen LogP contribution in [0.25, 0.3) is 16.9 Å². The maximum Gasteiger partial charge on any atom is 0.435 e. The van der Waals surface area contributed by atoms with Gasteiger partial charge < -0.3 is 0 Å². The lowest BCUT2D eigenvalue weighted by Gasteiger charge is -2.10. The molecule has 1 heterocycles. The van der Waals surface area contributed by atoms with Crippen LogP contribution < -0.4 is 5.14 Å². The van der Waals surface area contributed by atoms with E-state index in [1.807, 2.05) is 12.1 Å². The summed E-state index contributed by atoms with van der Waals surface area (Å²) in [7, 11) is -3.91. The number of aromatic nitrogens is 2. The van der Waals surface area contributed by atoms with Crippen LogP contribution in [0.3, 0.4) is 0 Å². The number of hydrogen-bond donors (Lipinski definition) is 1. The van der Waals surface area contributed by atoms with E-state index in [1.54, 1.807) is 12.1 Å². The van der Waals surface area contributed by atoms with Crippen molar-refractivity contribution >= 4 is 10.0 Å². The molecule has 9 heteroatoms. The highest BCUT2D eigenvalue weighted by Crippen LogP contribution is 2.33. The van der Waals surface area contributed by atoms with Gasteiger partial charge in [-0.1, -0.05) is 38.1 Å². The smallest absolute Gasteiger partial charge is 0.233 e. The fourth-order valence-electron chi connectivity index (χ4n) is 2.98. The monoisotopic (exact) mass is 423 g/mol. The van der Waals surface area contributed by atoms with Crippen molar-refractivity contribution in [3.63, 3.8) is 0 Å². The Morgan fingerprint density at radius 1 is 1.03 bits per heavy atom. The Bertz CT molecular complexity index is 1100. The van der Waals surface area contributed by atoms with Crippen molar-refractivity contribution in [3.8, 4) is 16.9 Å². The minimum atomic E-state index is -4.61. The van der Waals surface area contributed by atoms with Crippen LogP contribution in [0.5, 0.6) is 0 Å². The Hall–Kier alpha value is -2.65. The summed E-state index contributed by atoms with van der Waals surface area (Å²) in [5.74, 6) is 0.459. The van der Waals surface area contributed by atoms with Crippen molar-refractivity contribution in [3.05, 3.63) is 65.9 Å². The van der Waals surface area contributed by atoms with Gasteiger partial charge in [0, 0.05) is 5.56 Å². The number of benzene rings is 2. The molecule has 0 aliphatic rings. The van der Waals surface area contributed by atoms with Gasteiger partial charge in [-0.05, 0) is 48.2 Å². The van der Waals surface area contributed by atoms with E-state index in [4.69, 9.17) is 5.14 Å². The largest absolute Gasteiger partial charge is 0.435 e. The minimum absolute atomic E-state index is 0.135. The number of primary sulfonamides is 1. The standard InChI is InChI=1S/C20H20F3N3O2S/c1-13(2)11-14-3-5-15(6-4-14)18-12-19(20(21,22)23)25-26(18)16-7-9-17(10-8-16)29(24,27)28/h3-10,12-13H,11H2,1-2H3,(H2,24,27,28). The SMILES string of the molecule is CC(C)Cc1ccc(-c2cc(C(F)(F)F)nn2-c2ccc(S(N)(=O)=O)cc2)cc1. The van der Waals surface area contributed by atoms with E-state index in [9.17, 15) is 21.6 Å². The first-order valence-electron chi connectivity index (χ1n) is 8.85. The molecule has 1 aromatic heterocycles. The van der Waals surface area contributed by atoms with Crippen LogP contribution in [0.15, 0.2) is 59.5 Å². The number of halogens is 3. The zero-order chi connectivity index (χ0) is 21.4. The lowest BCUT2D eigenvalue weighted by atomic mass is 10.0. The molecule has 3 aromatic rings. The molecule has 154 valence electrons. The van der Waals surface area contributed by atoms with E-state index in [0.717, 1.165) is 22.7 Å². The number of nitrogens with two attached hydrogens (primary N) is 1. The molecule has 0 unspecified atom stereocenters. The van der Waals surface area contributed by atoms with E-state index in [0.29, 0.717) is 11.5 Å². The van der Waals surface area contributed by atoms with Crippen LogP contribution in [-0.4, -0.2) is 18.2 Å². The third-order valence-electron chi connectivity index (χ3n) is 4.30. The fourth-order valence-corrected chi connectivity index (χ4v) is 3.50. The third kappa shape index (κ3) is 4.86. The van der Waals surface area contributed by atoms with Crippen LogP contribution in [0.1, 0.15) is 25.1 Å². The van der Waals surface area contributed by atoms with Gasteiger partial charge in [-0.2, -0.15) is 18.3 Å². The Morgan fingerprint density at radius 3 is 2.10 bits per heavy atom. The molecular weight excluding hydrogens is 403 g/mol. The van der Waals surface area contributed by atoms with Gasteiger partial charge in [0.2, 0.25) is 10.0 Å². The molecule has 0 saturated heterocycles. The second-order valence-corrected chi connectivity index (χ2v) is 8.72. The molecule has 5 nitrogen and oxygen atoms in total. The van der Waals surface area contributed by atoms with Gasteiger partial charge in [0.1, 0.15) is 0 Å². The van der Waals surface area contributed by atoms with Crippen LogP contribution in [0, 0.1) is 5.92 Å². The molecule has 0 radical (unpaired) electrons. The predicted molar refractivity (Wildman–Crippen MR) is 104 cm³/mol. The Morgan fingerprint density at radius 2 is 1.62 bits per heavy atom. The summed E-state index contributed by atoms with van der Waals surface area (Å²) in [6, 6.07) is 13.4. The summed E-state index contributed by atoms with van der Waals surface area (Å²) >= 11 is 0. The van der Waals surface area contributed by atoms with Crippen molar-refractivity contribution in [2.45, 2.75) is 31.3 Å². The van der Waals surface area contributed by atoms with Crippen LogP contribution in [0.2, 0.25) is 0 Å². The number of hydrogen-bond acceptors (Lipinski definition) is 3. The molecule has 2 aromatic carbocycles. The molecule has 3 rings (SSSR count). The van der Waals surface area contributed by atoms with Crippen LogP contribution in [0.4, 0.5) is 13.2 Å². The van der Waals surface area contributed by atoms with E-state index in [1.165, 1.54) is 24.3 Å². The highest BCUT2D eigenvalue weighted by molar-refractivity contribution is 7.89. The van der Waals surface area contributed by atoms with E-state index in [-0.39, 0.29) is 16.3 Å². The van der Waals surface area contributed by atoms with E-state index in [2.05, 4.69) is 18.9 Å². The Kier molecular flexibility index (Phi) is 5.55. The highest BCUT2D eigenvalue weighted by Gasteiger charge is 2.35. The topological polar surface area (TPSA) is 78.0 Å². The Balaban J connectivity index is 2.08. The lowest BCUT2D eigenvalue weighted by molar-refractivity contribution is -0.141. The summed E-state index contributed by atoms with van der Waals surface area (Å²) in [5.41, 5.74) is 1.15. The van der Waals surface area contributed by atoms with Crippen molar-refractivity contribution in [1.82, 2.24) is 9.78 Å². The first-order chi connectivity index (χ1) is 13.4. The maximum atomic E-state index is 13.3. The number of sulfonamides is 1. The van der Waals surface area contributed by atoms with Crippen LogP contribution >= 0.6 is 0 Å². The number of alkyl halides is 3. The van der Waals surface area contributed by atoms with Gasteiger partial charge in [0.05, 0.1) is 16.3 Å². The third-order valence-corrected chi connectivity index (χ3v) is 5.23. The summed E-state index contributed by atoms with van der Waals surface area (Å²) in [6.07, 6.45) is -3.75. The molecule has 0 aliphatic heterocycles. The molecular formula is C20H20F3N3O2S. The summed E-state index contributed by atoms with van der Waals surface area (Å²) in [6.45, 7) is 4.17. The van der Waals surface area contributed by atoms with Crippen molar-refractivity contribution in [1.29, 1.82) is 0 Å². The normalized spacial score (nSPS) is 12.5. The van der Waals surface area contributed by atoms with Gasteiger partial charge >= 0.3 is 6.18 Å². The molecule has 0 amide bonds. The van der Waals surface area contributed by atoms with E-state index < -0.39 is 21.9 Å². The zero-order valence-electron chi connectivity index (χ0n) is 15.8. The first-order valence-corrected chi connectivity index (χ1v) is 10.4. The highest BCUT2D eigenvalue weighted by atomic mass is 32.2.